The van der Waals surface area contributed by atoms with Gasteiger partial charge in [-0.3, -0.25) is 0 Å². The second kappa shape index (κ2) is 5.83. The normalized spacial score (nSPS) is 24.2. The lowest BCUT2D eigenvalue weighted by Crippen LogP contribution is -2.30. The maximum atomic E-state index is 11.2. The van der Waals surface area contributed by atoms with E-state index in [0.717, 1.165) is 23.2 Å². The molecule has 0 unspecified atom stereocenters. The van der Waals surface area contributed by atoms with Gasteiger partial charge in [-0.25, -0.2) is 0 Å². The summed E-state index contributed by atoms with van der Waals surface area (Å²) in [6.07, 6.45) is 5.22. The van der Waals surface area contributed by atoms with Crippen molar-refractivity contribution in [2.45, 2.75) is 18.4 Å². The standard InChI is InChI=1S/C19H15Cl2NO2/c20-12-6-4-10(5-7-12)17-14-3-1-2-13(14)15-8-11(19(23)24)9-16(21)18(15)22-17/h1-2,4-9,13-14,17,22H,3H2,(H,23,24)/p-1/t13-,14+,17+/m1/s1. The number of anilines is 1. The molecule has 0 amide bonds. The molecule has 0 aromatic heterocycles. The topological polar surface area (TPSA) is 52.2 Å². The zero-order valence-electron chi connectivity index (χ0n) is 12.6. The highest BCUT2D eigenvalue weighted by atomic mass is 35.5. The van der Waals surface area contributed by atoms with E-state index in [9.17, 15) is 9.90 Å². The van der Waals surface area contributed by atoms with Gasteiger partial charge in [-0.1, -0.05) is 47.5 Å². The maximum Gasteiger partial charge on any atom is 0.0715 e. The van der Waals surface area contributed by atoms with Crippen molar-refractivity contribution >= 4 is 34.9 Å². The molecule has 1 heterocycles. The minimum Gasteiger partial charge on any atom is -0.545 e. The summed E-state index contributed by atoms with van der Waals surface area (Å²) in [6, 6.07) is 11.0. The van der Waals surface area contributed by atoms with Gasteiger partial charge in [0.1, 0.15) is 0 Å². The Morgan fingerprint density at radius 3 is 2.62 bits per heavy atom. The fraction of sp³-hybridized carbons (Fsp3) is 0.211. The Balaban J connectivity index is 1.82. The Hall–Kier alpha value is -1.97. The monoisotopic (exact) mass is 358 g/mol. The first-order valence-electron chi connectivity index (χ1n) is 7.78. The van der Waals surface area contributed by atoms with Gasteiger partial charge in [0.2, 0.25) is 0 Å². The third-order valence-corrected chi connectivity index (χ3v) is 5.44. The first-order chi connectivity index (χ1) is 11.5. The van der Waals surface area contributed by atoms with E-state index in [0.29, 0.717) is 16.0 Å². The van der Waals surface area contributed by atoms with Crippen molar-refractivity contribution in [3.8, 4) is 0 Å². The molecule has 3 nitrogen and oxygen atoms in total. The number of carboxylic acid groups (broad SMARTS) is 1. The Bertz CT molecular complexity index is 845. The third-order valence-electron chi connectivity index (χ3n) is 4.89. The van der Waals surface area contributed by atoms with Crippen molar-refractivity contribution < 1.29 is 9.90 Å². The number of hydrogen-bond acceptors (Lipinski definition) is 3. The molecule has 1 aliphatic carbocycles. The van der Waals surface area contributed by atoms with Gasteiger partial charge in [-0.2, -0.15) is 0 Å². The van der Waals surface area contributed by atoms with E-state index >= 15 is 0 Å². The van der Waals surface area contributed by atoms with Crippen LogP contribution in [0.2, 0.25) is 10.0 Å². The molecule has 0 saturated heterocycles. The van der Waals surface area contributed by atoms with Gasteiger partial charge in [-0.15, -0.1) is 0 Å². The van der Waals surface area contributed by atoms with E-state index in [4.69, 9.17) is 23.2 Å². The average Bonchev–Trinajstić information content (AvgIpc) is 3.05. The smallest absolute Gasteiger partial charge is 0.0715 e. The Labute approximate surface area is 149 Å². The van der Waals surface area contributed by atoms with Crippen molar-refractivity contribution in [2.24, 2.45) is 5.92 Å². The number of hydrogen-bond donors (Lipinski definition) is 1. The molecule has 0 radical (unpaired) electrons. The van der Waals surface area contributed by atoms with Crippen LogP contribution in [0.15, 0.2) is 48.6 Å². The number of carbonyl (C=O) groups is 1. The largest absolute Gasteiger partial charge is 0.545 e. The van der Waals surface area contributed by atoms with E-state index in [1.807, 2.05) is 24.3 Å². The maximum absolute atomic E-state index is 11.2. The van der Waals surface area contributed by atoms with Crippen LogP contribution in [0.3, 0.4) is 0 Å². The van der Waals surface area contributed by atoms with E-state index in [1.165, 1.54) is 6.07 Å². The lowest BCUT2D eigenvalue weighted by molar-refractivity contribution is -0.255. The highest BCUT2D eigenvalue weighted by molar-refractivity contribution is 6.34. The van der Waals surface area contributed by atoms with Crippen LogP contribution in [0.4, 0.5) is 5.69 Å². The summed E-state index contributed by atoms with van der Waals surface area (Å²) >= 11 is 12.4. The number of rotatable bonds is 2. The summed E-state index contributed by atoms with van der Waals surface area (Å²) in [7, 11) is 0. The van der Waals surface area contributed by atoms with Gasteiger partial charge >= 0.3 is 0 Å². The van der Waals surface area contributed by atoms with Gasteiger partial charge in [-0.05, 0) is 53.3 Å². The summed E-state index contributed by atoms with van der Waals surface area (Å²) in [4.78, 5) is 11.2. The lowest BCUT2D eigenvalue weighted by atomic mass is 9.76. The summed E-state index contributed by atoms with van der Waals surface area (Å²) in [5.74, 6) is -0.761. The fourth-order valence-corrected chi connectivity index (χ4v) is 4.18. The van der Waals surface area contributed by atoms with Crippen molar-refractivity contribution in [3.63, 3.8) is 0 Å². The molecule has 1 aliphatic heterocycles. The third kappa shape index (κ3) is 2.48. The van der Waals surface area contributed by atoms with Crippen molar-refractivity contribution in [1.82, 2.24) is 0 Å². The van der Waals surface area contributed by atoms with Gasteiger partial charge < -0.3 is 15.2 Å². The molecule has 1 N–H and O–H groups in total. The zero-order valence-corrected chi connectivity index (χ0v) is 14.1. The Morgan fingerprint density at radius 1 is 1.17 bits per heavy atom. The van der Waals surface area contributed by atoms with E-state index in [2.05, 4.69) is 17.5 Å². The van der Waals surface area contributed by atoms with Crippen molar-refractivity contribution in [1.29, 1.82) is 0 Å². The molecule has 3 atom stereocenters. The molecule has 24 heavy (non-hydrogen) atoms. The minimum atomic E-state index is -1.21. The van der Waals surface area contributed by atoms with Crippen LogP contribution in [0.1, 0.15) is 39.9 Å². The molecule has 0 spiro atoms. The second-order valence-electron chi connectivity index (χ2n) is 6.24. The van der Waals surface area contributed by atoms with Gasteiger partial charge in [0.05, 0.1) is 22.7 Å². The molecule has 0 bridgehead atoms. The molecular formula is C19H14Cl2NO2-. The van der Waals surface area contributed by atoms with Crippen LogP contribution in [-0.4, -0.2) is 5.97 Å². The molecule has 122 valence electrons. The SMILES string of the molecule is O=C([O-])c1cc(Cl)c2c(c1)[C@@H]1C=CC[C@@H]1[C@H](c1ccc(Cl)cc1)N2. The van der Waals surface area contributed by atoms with Crippen LogP contribution < -0.4 is 10.4 Å². The van der Waals surface area contributed by atoms with Gasteiger partial charge in [0, 0.05) is 10.9 Å². The summed E-state index contributed by atoms with van der Waals surface area (Å²) in [6.45, 7) is 0. The number of benzene rings is 2. The first kappa shape index (κ1) is 15.6. The first-order valence-corrected chi connectivity index (χ1v) is 8.53. The fourth-order valence-electron chi connectivity index (χ4n) is 3.77. The second-order valence-corrected chi connectivity index (χ2v) is 7.08. The summed E-state index contributed by atoms with van der Waals surface area (Å²) in [5, 5.41) is 15.8. The van der Waals surface area contributed by atoms with E-state index in [-0.39, 0.29) is 17.5 Å². The number of halogens is 2. The number of fused-ring (bicyclic) bond motifs is 3. The summed E-state index contributed by atoms with van der Waals surface area (Å²) in [5.41, 5.74) is 2.98. The average molecular weight is 359 g/mol. The lowest BCUT2D eigenvalue weighted by Gasteiger charge is -2.38. The Morgan fingerprint density at radius 2 is 1.92 bits per heavy atom. The predicted molar refractivity (Wildman–Crippen MR) is 93.6 cm³/mol. The molecule has 2 aliphatic rings. The Kier molecular flexibility index (Phi) is 3.78. The van der Waals surface area contributed by atoms with Gasteiger partial charge in [0.15, 0.2) is 0 Å². The quantitative estimate of drug-likeness (QED) is 0.819. The van der Waals surface area contributed by atoms with Crippen molar-refractivity contribution in [2.75, 3.05) is 5.32 Å². The van der Waals surface area contributed by atoms with Crippen LogP contribution >= 0.6 is 23.2 Å². The van der Waals surface area contributed by atoms with Crippen LogP contribution in [0.25, 0.3) is 0 Å². The van der Waals surface area contributed by atoms with E-state index < -0.39 is 5.97 Å². The van der Waals surface area contributed by atoms with E-state index in [1.54, 1.807) is 6.07 Å². The van der Waals surface area contributed by atoms with Crippen molar-refractivity contribution in [3.05, 3.63) is 75.3 Å². The number of carboxylic acids is 1. The zero-order chi connectivity index (χ0) is 16.8. The molecule has 0 fully saturated rings. The van der Waals surface area contributed by atoms with Crippen LogP contribution in [0.5, 0.6) is 0 Å². The summed E-state index contributed by atoms with van der Waals surface area (Å²) < 4.78 is 0. The molecule has 5 heteroatoms. The molecule has 2 aromatic carbocycles. The number of allylic oxidation sites excluding steroid dienone is 2. The number of nitrogens with one attached hydrogen (secondary N) is 1. The molecule has 0 saturated carbocycles. The number of aromatic carboxylic acids is 1. The minimum absolute atomic E-state index is 0.0982. The highest BCUT2D eigenvalue weighted by Crippen LogP contribution is 2.51. The van der Waals surface area contributed by atoms with Crippen LogP contribution in [-0.2, 0) is 0 Å². The van der Waals surface area contributed by atoms with Crippen LogP contribution in [0, 0.1) is 5.92 Å². The van der Waals surface area contributed by atoms with Gasteiger partial charge in [0.25, 0.3) is 0 Å². The highest BCUT2D eigenvalue weighted by Gasteiger charge is 2.38. The molecule has 2 aromatic rings. The predicted octanol–water partition coefficient (Wildman–Crippen LogP) is 4.18. The molecule has 4 rings (SSSR count). The molecular weight excluding hydrogens is 345 g/mol. The number of carbonyl (C=O) groups excluding carboxylic acids is 1.